The first-order chi connectivity index (χ1) is 11.1. The fourth-order valence-corrected chi connectivity index (χ4v) is 3.89. The summed E-state index contributed by atoms with van der Waals surface area (Å²) in [5.74, 6) is -0.755. The average molecular weight is 307 g/mol. The Morgan fingerprint density at radius 3 is 2.52 bits per heavy atom. The monoisotopic (exact) mass is 307 g/mol. The molecule has 0 unspecified atom stereocenters. The number of carbonyl (C=O) groups excluding carboxylic acids is 1. The van der Waals surface area contributed by atoms with Crippen molar-refractivity contribution in [3.8, 4) is 0 Å². The first kappa shape index (κ1) is 14.0. The van der Waals surface area contributed by atoms with Crippen LogP contribution in [0.25, 0.3) is 0 Å². The Hall–Kier alpha value is -2.62. The maximum atomic E-state index is 13.0. The molecule has 2 aromatic rings. The topological polar surface area (TPSA) is 57.6 Å². The van der Waals surface area contributed by atoms with Crippen LogP contribution in [0, 0.1) is 5.41 Å². The van der Waals surface area contributed by atoms with Crippen molar-refractivity contribution in [2.24, 2.45) is 5.41 Å². The lowest BCUT2D eigenvalue weighted by Crippen LogP contribution is -2.35. The second kappa shape index (κ2) is 4.95. The van der Waals surface area contributed by atoms with Gasteiger partial charge in [0.1, 0.15) is 0 Å². The number of hydrogen-bond donors (Lipinski definition) is 1. The minimum atomic E-state index is -0.919. The lowest BCUT2D eigenvalue weighted by Gasteiger charge is -2.22. The SMILES string of the molecule is O=C(O)c1ccc2c(c1)C[C@@]1(CCN(c3ccccc3)C1=O)C2. The van der Waals surface area contributed by atoms with Crippen molar-refractivity contribution in [1.29, 1.82) is 0 Å². The minimum Gasteiger partial charge on any atom is -0.478 e. The molecule has 1 saturated heterocycles. The quantitative estimate of drug-likeness (QED) is 0.928. The number of aromatic carboxylic acids is 1. The lowest BCUT2D eigenvalue weighted by molar-refractivity contribution is -0.125. The van der Waals surface area contributed by atoms with Crippen molar-refractivity contribution >= 4 is 17.6 Å². The molecule has 2 aliphatic rings. The number of anilines is 1. The predicted molar refractivity (Wildman–Crippen MR) is 86.7 cm³/mol. The minimum absolute atomic E-state index is 0.164. The van der Waals surface area contributed by atoms with E-state index in [2.05, 4.69) is 0 Å². The van der Waals surface area contributed by atoms with Gasteiger partial charge in [0.15, 0.2) is 0 Å². The lowest BCUT2D eigenvalue weighted by atomic mass is 9.83. The van der Waals surface area contributed by atoms with Gasteiger partial charge in [-0.25, -0.2) is 4.79 Å². The summed E-state index contributed by atoms with van der Waals surface area (Å²) in [6, 6.07) is 15.0. The van der Waals surface area contributed by atoms with E-state index in [0.717, 1.165) is 29.8 Å². The number of nitrogens with zero attached hydrogens (tertiary/aromatic N) is 1. The van der Waals surface area contributed by atoms with Crippen molar-refractivity contribution in [3.05, 3.63) is 65.2 Å². The molecule has 1 aliphatic heterocycles. The molecule has 116 valence electrons. The van der Waals surface area contributed by atoms with Crippen molar-refractivity contribution in [2.45, 2.75) is 19.3 Å². The Bertz CT molecular complexity index is 800. The van der Waals surface area contributed by atoms with E-state index in [1.54, 1.807) is 12.1 Å². The van der Waals surface area contributed by atoms with Crippen LogP contribution < -0.4 is 4.90 Å². The maximum absolute atomic E-state index is 13.0. The molecular formula is C19H17NO3. The van der Waals surface area contributed by atoms with E-state index in [1.165, 1.54) is 0 Å². The van der Waals surface area contributed by atoms with Crippen molar-refractivity contribution in [1.82, 2.24) is 0 Å². The van der Waals surface area contributed by atoms with Gasteiger partial charge in [0, 0.05) is 12.2 Å². The first-order valence-electron chi connectivity index (χ1n) is 7.81. The highest BCUT2D eigenvalue weighted by atomic mass is 16.4. The van der Waals surface area contributed by atoms with Crippen LogP contribution in [0.2, 0.25) is 0 Å². The fraction of sp³-hybridized carbons (Fsp3) is 0.263. The Labute approximate surface area is 134 Å². The molecule has 2 aromatic carbocycles. The Balaban J connectivity index is 1.64. The maximum Gasteiger partial charge on any atom is 0.335 e. The molecule has 1 atom stereocenters. The number of carboxylic acids is 1. The molecule has 4 rings (SSSR count). The third-order valence-corrected chi connectivity index (χ3v) is 5.09. The standard InChI is InChI=1S/C19H17NO3/c21-17(22)13-6-7-14-11-19(12-15(14)10-13)8-9-20(18(19)23)16-4-2-1-3-5-16/h1-7,10H,8-9,11-12H2,(H,21,22)/t19-/m1/s1. The summed E-state index contributed by atoms with van der Waals surface area (Å²) in [5, 5.41) is 9.14. The molecule has 4 nitrogen and oxygen atoms in total. The third-order valence-electron chi connectivity index (χ3n) is 5.09. The Kier molecular flexibility index (Phi) is 3.01. The first-order valence-corrected chi connectivity index (χ1v) is 7.81. The second-order valence-corrected chi connectivity index (χ2v) is 6.46. The van der Waals surface area contributed by atoms with Crippen molar-refractivity contribution in [3.63, 3.8) is 0 Å². The van der Waals surface area contributed by atoms with E-state index < -0.39 is 11.4 Å². The van der Waals surface area contributed by atoms with Gasteiger partial charge < -0.3 is 10.0 Å². The van der Waals surface area contributed by atoms with Gasteiger partial charge in [-0.1, -0.05) is 24.3 Å². The van der Waals surface area contributed by atoms with Gasteiger partial charge in [-0.3, -0.25) is 4.79 Å². The Morgan fingerprint density at radius 1 is 1.04 bits per heavy atom. The number of carboxylic acid groups (broad SMARTS) is 1. The number of amides is 1. The molecule has 4 heteroatoms. The molecule has 1 fully saturated rings. The summed E-state index contributed by atoms with van der Waals surface area (Å²) >= 11 is 0. The molecule has 23 heavy (non-hydrogen) atoms. The summed E-state index contributed by atoms with van der Waals surface area (Å²) < 4.78 is 0. The van der Waals surface area contributed by atoms with Crippen molar-refractivity contribution in [2.75, 3.05) is 11.4 Å². The third kappa shape index (κ3) is 2.13. The molecule has 1 spiro atoms. The average Bonchev–Trinajstić information content (AvgIpc) is 3.08. The number of para-hydroxylation sites is 1. The van der Waals surface area contributed by atoms with E-state index in [0.29, 0.717) is 18.4 Å². The molecule has 0 radical (unpaired) electrons. The molecule has 0 bridgehead atoms. The summed E-state index contributed by atoms with van der Waals surface area (Å²) in [7, 11) is 0. The molecule has 1 amide bonds. The smallest absolute Gasteiger partial charge is 0.335 e. The molecule has 1 aliphatic carbocycles. The fourth-order valence-electron chi connectivity index (χ4n) is 3.89. The highest BCUT2D eigenvalue weighted by molar-refractivity contribution is 6.01. The van der Waals surface area contributed by atoms with Crippen LogP contribution in [-0.4, -0.2) is 23.5 Å². The zero-order valence-corrected chi connectivity index (χ0v) is 12.7. The van der Waals surface area contributed by atoms with Gasteiger partial charge in [0.25, 0.3) is 0 Å². The van der Waals surface area contributed by atoms with Gasteiger partial charge in [-0.2, -0.15) is 0 Å². The highest BCUT2D eigenvalue weighted by Crippen LogP contribution is 2.46. The summed E-state index contributed by atoms with van der Waals surface area (Å²) in [5.41, 5.74) is 2.96. The summed E-state index contributed by atoms with van der Waals surface area (Å²) in [6.45, 7) is 0.725. The van der Waals surface area contributed by atoms with Crippen LogP contribution >= 0.6 is 0 Å². The normalized spacial score (nSPS) is 22.6. The van der Waals surface area contributed by atoms with Crippen LogP contribution in [-0.2, 0) is 17.6 Å². The largest absolute Gasteiger partial charge is 0.478 e. The zero-order chi connectivity index (χ0) is 16.0. The van der Waals surface area contributed by atoms with Gasteiger partial charge >= 0.3 is 5.97 Å². The van der Waals surface area contributed by atoms with Gasteiger partial charge in [-0.15, -0.1) is 0 Å². The van der Waals surface area contributed by atoms with Gasteiger partial charge in [0.05, 0.1) is 11.0 Å². The van der Waals surface area contributed by atoms with Crippen LogP contribution in [0.4, 0.5) is 5.69 Å². The highest BCUT2D eigenvalue weighted by Gasteiger charge is 2.50. The van der Waals surface area contributed by atoms with Crippen molar-refractivity contribution < 1.29 is 14.7 Å². The van der Waals surface area contributed by atoms with E-state index in [1.807, 2.05) is 41.3 Å². The number of benzene rings is 2. The molecule has 0 aromatic heterocycles. The van der Waals surface area contributed by atoms with Crippen LogP contribution in [0.5, 0.6) is 0 Å². The number of fused-ring (bicyclic) bond motifs is 1. The molecule has 1 heterocycles. The number of hydrogen-bond acceptors (Lipinski definition) is 2. The van der Waals surface area contributed by atoms with Gasteiger partial charge in [0.2, 0.25) is 5.91 Å². The van der Waals surface area contributed by atoms with E-state index in [4.69, 9.17) is 5.11 Å². The van der Waals surface area contributed by atoms with E-state index in [9.17, 15) is 9.59 Å². The number of carbonyl (C=O) groups is 2. The zero-order valence-electron chi connectivity index (χ0n) is 12.7. The van der Waals surface area contributed by atoms with Crippen LogP contribution in [0.1, 0.15) is 27.9 Å². The summed E-state index contributed by atoms with van der Waals surface area (Å²) in [6.07, 6.45) is 2.17. The van der Waals surface area contributed by atoms with E-state index >= 15 is 0 Å². The predicted octanol–water partition coefficient (Wildman–Crippen LogP) is 2.91. The van der Waals surface area contributed by atoms with Crippen LogP contribution in [0.15, 0.2) is 48.5 Å². The van der Waals surface area contributed by atoms with E-state index in [-0.39, 0.29) is 5.91 Å². The second-order valence-electron chi connectivity index (χ2n) is 6.46. The summed E-state index contributed by atoms with van der Waals surface area (Å²) in [4.78, 5) is 26.0. The molecule has 0 saturated carbocycles. The molecule has 1 N–H and O–H groups in total. The number of rotatable bonds is 2. The van der Waals surface area contributed by atoms with Crippen LogP contribution in [0.3, 0.4) is 0 Å². The Morgan fingerprint density at radius 2 is 1.78 bits per heavy atom. The van der Waals surface area contributed by atoms with Gasteiger partial charge in [-0.05, 0) is 54.7 Å². The molecular weight excluding hydrogens is 290 g/mol.